The summed E-state index contributed by atoms with van der Waals surface area (Å²) < 4.78 is 15.2. The summed E-state index contributed by atoms with van der Waals surface area (Å²) >= 11 is 0. The van der Waals surface area contributed by atoms with E-state index in [9.17, 15) is 14.6 Å². The number of halogens is 1. The molecule has 22 heavy (non-hydrogen) atoms. The normalized spacial score (nSPS) is 12.0. The van der Waals surface area contributed by atoms with Crippen LogP contribution in [0.3, 0.4) is 0 Å². The average molecular weight is 299 g/mol. The first kappa shape index (κ1) is 14.6. The Balaban J connectivity index is 2.37. The molecule has 3 rings (SSSR count). The third-order valence-electron chi connectivity index (χ3n) is 4.00. The number of nitrogens with zero attached hydrogens (tertiary/aromatic N) is 1. The van der Waals surface area contributed by atoms with Crippen molar-refractivity contribution in [1.82, 2.24) is 4.57 Å². The smallest absolute Gasteiger partial charge is 0.124 e. The van der Waals surface area contributed by atoms with E-state index in [4.69, 9.17) is 0 Å². The lowest BCUT2D eigenvalue weighted by Gasteiger charge is -2.24. The molecule has 4 heteroatoms. The number of rotatable bonds is 3. The molecule has 0 atom stereocenters. The van der Waals surface area contributed by atoms with Crippen LogP contribution in [-0.2, 0) is 5.41 Å². The summed E-state index contributed by atoms with van der Waals surface area (Å²) in [5.74, 6) is -0.112. The standard InChI is InChI=1S/C18H18FNO2/c1-18(2,11-21)17-10-14-15(4-3-5-16(14)22)20(17)13-8-6-12(19)7-9-13/h3-10,21-22H,11H2,1-2H3. The third kappa shape index (κ3) is 2.25. The van der Waals surface area contributed by atoms with Gasteiger partial charge in [0.05, 0.1) is 12.1 Å². The number of phenols is 1. The fourth-order valence-corrected chi connectivity index (χ4v) is 2.66. The molecule has 0 aliphatic rings. The van der Waals surface area contributed by atoms with Crippen LogP contribution in [0.25, 0.3) is 16.6 Å². The minimum Gasteiger partial charge on any atom is -0.507 e. The number of phenolic OH excluding ortho intramolecular Hbond substituents is 1. The Morgan fingerprint density at radius 3 is 2.41 bits per heavy atom. The molecule has 0 saturated heterocycles. The lowest BCUT2D eigenvalue weighted by molar-refractivity contribution is 0.214. The summed E-state index contributed by atoms with van der Waals surface area (Å²) in [6, 6.07) is 13.4. The highest BCUT2D eigenvalue weighted by Gasteiger charge is 2.26. The zero-order valence-corrected chi connectivity index (χ0v) is 12.5. The Morgan fingerprint density at radius 1 is 1.09 bits per heavy atom. The quantitative estimate of drug-likeness (QED) is 0.773. The van der Waals surface area contributed by atoms with Gasteiger partial charge in [-0.2, -0.15) is 0 Å². The summed E-state index contributed by atoms with van der Waals surface area (Å²) in [4.78, 5) is 0. The molecule has 3 aromatic rings. The topological polar surface area (TPSA) is 45.4 Å². The summed E-state index contributed by atoms with van der Waals surface area (Å²) in [5, 5.41) is 20.5. The van der Waals surface area contributed by atoms with E-state index in [2.05, 4.69) is 0 Å². The molecule has 2 N–H and O–H groups in total. The number of benzene rings is 2. The second-order valence-electron chi connectivity index (χ2n) is 6.09. The fraction of sp³-hybridized carbons (Fsp3) is 0.222. The number of fused-ring (bicyclic) bond motifs is 1. The van der Waals surface area contributed by atoms with E-state index in [1.54, 1.807) is 24.3 Å². The van der Waals surface area contributed by atoms with Gasteiger partial charge in [0.1, 0.15) is 11.6 Å². The number of aliphatic hydroxyl groups is 1. The van der Waals surface area contributed by atoms with E-state index in [0.29, 0.717) is 5.39 Å². The first-order valence-corrected chi connectivity index (χ1v) is 7.15. The highest BCUT2D eigenvalue weighted by molar-refractivity contribution is 5.89. The third-order valence-corrected chi connectivity index (χ3v) is 4.00. The molecular formula is C18H18FNO2. The van der Waals surface area contributed by atoms with Gasteiger partial charge in [-0.1, -0.05) is 19.9 Å². The summed E-state index contributed by atoms with van der Waals surface area (Å²) in [6.07, 6.45) is 0. The van der Waals surface area contributed by atoms with Crippen molar-refractivity contribution in [2.75, 3.05) is 6.61 Å². The largest absolute Gasteiger partial charge is 0.507 e. The number of aromatic nitrogens is 1. The predicted molar refractivity (Wildman–Crippen MR) is 85.0 cm³/mol. The van der Waals surface area contributed by atoms with Crippen LogP contribution in [-0.4, -0.2) is 21.4 Å². The van der Waals surface area contributed by atoms with Crippen LogP contribution in [0.4, 0.5) is 4.39 Å². The Bertz CT molecular complexity index is 819. The van der Waals surface area contributed by atoms with Crippen LogP contribution in [0.15, 0.2) is 48.5 Å². The SMILES string of the molecule is CC(C)(CO)c1cc2c(O)cccc2n1-c1ccc(F)cc1. The van der Waals surface area contributed by atoms with Crippen LogP contribution >= 0.6 is 0 Å². The van der Waals surface area contributed by atoms with Gasteiger partial charge in [-0.05, 0) is 42.5 Å². The monoisotopic (exact) mass is 299 g/mol. The second kappa shape index (κ2) is 5.14. The van der Waals surface area contributed by atoms with E-state index < -0.39 is 5.41 Å². The Hall–Kier alpha value is -2.33. The van der Waals surface area contributed by atoms with Gasteiger partial charge in [0.25, 0.3) is 0 Å². The molecule has 2 aromatic carbocycles. The molecule has 0 spiro atoms. The average Bonchev–Trinajstić information content (AvgIpc) is 2.90. The van der Waals surface area contributed by atoms with Crippen molar-refractivity contribution >= 4 is 10.9 Å². The van der Waals surface area contributed by atoms with Gasteiger partial charge >= 0.3 is 0 Å². The van der Waals surface area contributed by atoms with Crippen molar-refractivity contribution in [3.63, 3.8) is 0 Å². The molecule has 3 nitrogen and oxygen atoms in total. The molecule has 0 amide bonds. The van der Waals surface area contributed by atoms with Crippen molar-refractivity contribution < 1.29 is 14.6 Å². The Labute approximate surface area is 128 Å². The van der Waals surface area contributed by atoms with Crippen molar-refractivity contribution in [3.05, 3.63) is 60.0 Å². The molecule has 0 aliphatic carbocycles. The van der Waals surface area contributed by atoms with Gasteiger partial charge in [-0.25, -0.2) is 4.39 Å². The maximum atomic E-state index is 13.2. The zero-order chi connectivity index (χ0) is 15.9. The van der Waals surface area contributed by atoms with Crippen LogP contribution in [0.1, 0.15) is 19.5 Å². The fourth-order valence-electron chi connectivity index (χ4n) is 2.66. The number of aromatic hydroxyl groups is 1. The van der Waals surface area contributed by atoms with Gasteiger partial charge < -0.3 is 14.8 Å². The van der Waals surface area contributed by atoms with Gasteiger partial charge in [0, 0.05) is 22.2 Å². The highest BCUT2D eigenvalue weighted by Crippen LogP contribution is 2.36. The number of hydrogen-bond acceptors (Lipinski definition) is 2. The molecule has 0 fully saturated rings. The van der Waals surface area contributed by atoms with Crippen LogP contribution < -0.4 is 0 Å². The molecule has 0 radical (unpaired) electrons. The molecule has 0 saturated carbocycles. The van der Waals surface area contributed by atoms with Gasteiger partial charge in [0.2, 0.25) is 0 Å². The minimum absolute atomic E-state index is 0.0364. The van der Waals surface area contributed by atoms with Crippen molar-refractivity contribution in [2.45, 2.75) is 19.3 Å². The molecule has 0 bridgehead atoms. The van der Waals surface area contributed by atoms with Crippen LogP contribution in [0, 0.1) is 5.82 Å². The summed E-state index contributed by atoms with van der Waals surface area (Å²) in [5.41, 5.74) is 1.97. The van der Waals surface area contributed by atoms with Crippen molar-refractivity contribution in [1.29, 1.82) is 0 Å². The van der Waals surface area contributed by atoms with Gasteiger partial charge in [-0.15, -0.1) is 0 Å². The minimum atomic E-state index is -0.500. The molecule has 114 valence electrons. The summed E-state index contributed by atoms with van der Waals surface area (Å²) in [7, 11) is 0. The number of aliphatic hydroxyl groups excluding tert-OH is 1. The predicted octanol–water partition coefficient (Wildman–Crippen LogP) is 3.75. The van der Waals surface area contributed by atoms with E-state index in [1.807, 2.05) is 30.5 Å². The lowest BCUT2D eigenvalue weighted by Crippen LogP contribution is -2.25. The molecular weight excluding hydrogens is 281 g/mol. The van der Waals surface area contributed by atoms with E-state index in [1.165, 1.54) is 12.1 Å². The first-order chi connectivity index (χ1) is 10.4. The van der Waals surface area contributed by atoms with Crippen molar-refractivity contribution in [2.24, 2.45) is 0 Å². The second-order valence-corrected chi connectivity index (χ2v) is 6.09. The molecule has 0 aliphatic heterocycles. The molecule has 0 unspecified atom stereocenters. The van der Waals surface area contributed by atoms with E-state index in [0.717, 1.165) is 16.9 Å². The van der Waals surface area contributed by atoms with Crippen LogP contribution in [0.2, 0.25) is 0 Å². The highest BCUT2D eigenvalue weighted by atomic mass is 19.1. The Morgan fingerprint density at radius 2 is 1.77 bits per heavy atom. The Kier molecular flexibility index (Phi) is 3.41. The zero-order valence-electron chi connectivity index (χ0n) is 12.5. The van der Waals surface area contributed by atoms with E-state index >= 15 is 0 Å². The van der Waals surface area contributed by atoms with Crippen molar-refractivity contribution in [3.8, 4) is 11.4 Å². The molecule has 1 aromatic heterocycles. The van der Waals surface area contributed by atoms with Gasteiger partial charge in [-0.3, -0.25) is 0 Å². The summed E-state index contributed by atoms with van der Waals surface area (Å²) in [6.45, 7) is 3.82. The maximum absolute atomic E-state index is 13.2. The first-order valence-electron chi connectivity index (χ1n) is 7.15. The maximum Gasteiger partial charge on any atom is 0.124 e. The van der Waals surface area contributed by atoms with E-state index in [-0.39, 0.29) is 18.2 Å². The van der Waals surface area contributed by atoms with Crippen LogP contribution in [0.5, 0.6) is 5.75 Å². The van der Waals surface area contributed by atoms with Gasteiger partial charge in [0.15, 0.2) is 0 Å². The molecule has 1 heterocycles. The lowest BCUT2D eigenvalue weighted by atomic mass is 9.90. The number of hydrogen-bond donors (Lipinski definition) is 2.